The largest absolute Gasteiger partial charge is 0.503 e. The summed E-state index contributed by atoms with van der Waals surface area (Å²) in [4.78, 5) is 2.27. The second-order valence-electron chi connectivity index (χ2n) is 8.18. The first-order valence-corrected chi connectivity index (χ1v) is 12.0. The molecule has 4 rings (SSSR count). The summed E-state index contributed by atoms with van der Waals surface area (Å²) >= 11 is 0. The van der Waals surface area contributed by atoms with Crippen molar-refractivity contribution in [3.63, 3.8) is 0 Å². The Kier molecular flexibility index (Phi) is 6.44. The number of benzene rings is 2. The number of hydrogen-bond donors (Lipinski definition) is 0. The molecule has 8 heteroatoms. The van der Waals surface area contributed by atoms with Gasteiger partial charge in [0.2, 0.25) is 0 Å². The van der Waals surface area contributed by atoms with Crippen LogP contribution in [0.5, 0.6) is 0 Å². The van der Waals surface area contributed by atoms with Crippen LogP contribution in [0.15, 0.2) is 77.8 Å². The predicted molar refractivity (Wildman–Crippen MR) is 117 cm³/mol. The summed E-state index contributed by atoms with van der Waals surface area (Å²) in [7, 11) is -5.37. The van der Waals surface area contributed by atoms with Gasteiger partial charge in [0, 0.05) is 37.8 Å². The smallest absolute Gasteiger partial charge is 0.335 e. The van der Waals surface area contributed by atoms with Crippen molar-refractivity contribution in [2.45, 2.75) is 48.9 Å². The first-order chi connectivity index (χ1) is 15.3. The molecule has 2 heterocycles. The molecule has 32 heavy (non-hydrogen) atoms. The van der Waals surface area contributed by atoms with Gasteiger partial charge in [0.05, 0.1) is 0 Å². The SMILES string of the molecule is O=S(=O)(c1ccc2n1CCC[C@@H]2CN(Cc1ccccc1)Cc1ccccc1)C(F)(F)F. The average Bonchev–Trinajstić information content (AvgIpc) is 3.20. The molecular weight excluding hydrogens is 437 g/mol. The van der Waals surface area contributed by atoms with Crippen LogP contribution in [0, 0.1) is 0 Å². The van der Waals surface area contributed by atoms with E-state index in [9.17, 15) is 21.6 Å². The minimum Gasteiger partial charge on any atom is -0.335 e. The number of nitrogens with zero attached hydrogens (tertiary/aromatic N) is 2. The first-order valence-electron chi connectivity index (χ1n) is 10.6. The minimum atomic E-state index is -5.37. The van der Waals surface area contributed by atoms with Crippen molar-refractivity contribution in [1.82, 2.24) is 9.47 Å². The molecule has 2 aromatic carbocycles. The summed E-state index contributed by atoms with van der Waals surface area (Å²) in [5.74, 6) is -0.0478. The molecule has 0 spiro atoms. The van der Waals surface area contributed by atoms with Gasteiger partial charge < -0.3 is 4.57 Å². The monoisotopic (exact) mass is 462 g/mol. The van der Waals surface area contributed by atoms with Crippen LogP contribution in [-0.2, 0) is 29.5 Å². The molecule has 0 saturated carbocycles. The molecule has 1 atom stereocenters. The topological polar surface area (TPSA) is 42.3 Å². The Morgan fingerprint density at radius 3 is 1.97 bits per heavy atom. The maximum Gasteiger partial charge on any atom is 0.503 e. The Balaban J connectivity index is 1.61. The van der Waals surface area contributed by atoms with E-state index in [1.54, 1.807) is 6.07 Å². The van der Waals surface area contributed by atoms with Crippen molar-refractivity contribution in [3.05, 3.63) is 89.6 Å². The Bertz CT molecular complexity index is 1100. The molecule has 0 unspecified atom stereocenters. The van der Waals surface area contributed by atoms with Crippen molar-refractivity contribution in [2.75, 3.05) is 6.54 Å². The molecule has 0 aliphatic carbocycles. The van der Waals surface area contributed by atoms with Gasteiger partial charge in [-0.2, -0.15) is 13.2 Å². The fraction of sp³-hybridized carbons (Fsp3) is 0.333. The van der Waals surface area contributed by atoms with Gasteiger partial charge in [-0.15, -0.1) is 0 Å². The lowest BCUT2D eigenvalue weighted by atomic mass is 9.95. The van der Waals surface area contributed by atoms with Gasteiger partial charge in [0.1, 0.15) is 5.03 Å². The summed E-state index contributed by atoms with van der Waals surface area (Å²) in [6, 6.07) is 22.7. The standard InChI is InChI=1S/C24H25F3N2O2S/c25-24(26,27)32(30,31)23-14-13-22-21(12-7-15-29(22)23)18-28(16-19-8-3-1-4-9-19)17-20-10-5-2-6-11-20/h1-6,8-11,13-14,21H,7,12,15-18H2/t21-/m1/s1. The molecule has 0 N–H and O–H groups in total. The zero-order valence-electron chi connectivity index (χ0n) is 17.5. The third-order valence-corrected chi connectivity index (χ3v) is 7.40. The van der Waals surface area contributed by atoms with E-state index >= 15 is 0 Å². The highest BCUT2D eigenvalue weighted by molar-refractivity contribution is 7.92. The molecule has 3 aromatic rings. The van der Waals surface area contributed by atoms with Crippen LogP contribution in [0.1, 0.15) is 35.6 Å². The number of rotatable bonds is 7. The van der Waals surface area contributed by atoms with Crippen molar-refractivity contribution in [1.29, 1.82) is 0 Å². The Hall–Kier alpha value is -2.58. The Morgan fingerprint density at radius 2 is 1.44 bits per heavy atom. The number of halogens is 3. The number of hydrogen-bond acceptors (Lipinski definition) is 3. The van der Waals surface area contributed by atoms with Crippen LogP contribution in [0.25, 0.3) is 0 Å². The summed E-state index contributed by atoms with van der Waals surface area (Å²) in [6.07, 6.45) is 1.44. The van der Waals surface area contributed by atoms with Crippen LogP contribution in [0.3, 0.4) is 0 Å². The third kappa shape index (κ3) is 4.76. The highest BCUT2D eigenvalue weighted by Crippen LogP contribution is 2.37. The summed E-state index contributed by atoms with van der Waals surface area (Å²) in [6.45, 7) is 2.29. The van der Waals surface area contributed by atoms with Crippen molar-refractivity contribution in [2.24, 2.45) is 0 Å². The molecule has 0 bridgehead atoms. The van der Waals surface area contributed by atoms with E-state index in [1.165, 1.54) is 4.57 Å². The quantitative estimate of drug-likeness (QED) is 0.475. The minimum absolute atomic E-state index is 0.0478. The molecule has 0 saturated heterocycles. The highest BCUT2D eigenvalue weighted by Gasteiger charge is 2.49. The molecular formula is C24H25F3N2O2S. The van der Waals surface area contributed by atoms with E-state index in [0.717, 1.165) is 23.6 Å². The molecule has 1 aromatic heterocycles. The van der Waals surface area contributed by atoms with E-state index < -0.39 is 20.4 Å². The van der Waals surface area contributed by atoms with E-state index in [-0.39, 0.29) is 12.5 Å². The van der Waals surface area contributed by atoms with E-state index in [4.69, 9.17) is 0 Å². The number of sulfone groups is 1. The molecule has 4 nitrogen and oxygen atoms in total. The van der Waals surface area contributed by atoms with Gasteiger partial charge in [0.25, 0.3) is 9.84 Å². The van der Waals surface area contributed by atoms with Gasteiger partial charge in [-0.3, -0.25) is 4.90 Å². The Labute approximate surface area is 186 Å². The lowest BCUT2D eigenvalue weighted by Gasteiger charge is -2.32. The predicted octanol–water partition coefficient (Wildman–Crippen LogP) is 5.36. The van der Waals surface area contributed by atoms with E-state index in [1.807, 2.05) is 36.4 Å². The maximum atomic E-state index is 13.1. The Morgan fingerprint density at radius 1 is 0.875 bits per heavy atom. The van der Waals surface area contributed by atoms with Gasteiger partial charge >= 0.3 is 5.51 Å². The van der Waals surface area contributed by atoms with E-state index in [2.05, 4.69) is 29.2 Å². The molecule has 1 aliphatic heterocycles. The fourth-order valence-electron chi connectivity index (χ4n) is 4.42. The van der Waals surface area contributed by atoms with Gasteiger partial charge in [-0.1, -0.05) is 60.7 Å². The second kappa shape index (κ2) is 9.11. The molecule has 0 amide bonds. The average molecular weight is 463 g/mol. The second-order valence-corrected chi connectivity index (χ2v) is 10.1. The highest BCUT2D eigenvalue weighted by atomic mass is 32.2. The summed E-state index contributed by atoms with van der Waals surface area (Å²) < 4.78 is 64.9. The number of fused-ring (bicyclic) bond motifs is 1. The molecule has 0 fully saturated rings. The lowest BCUT2D eigenvalue weighted by Crippen LogP contribution is -2.32. The van der Waals surface area contributed by atoms with Crippen molar-refractivity contribution >= 4 is 9.84 Å². The van der Waals surface area contributed by atoms with Gasteiger partial charge in [-0.05, 0) is 36.1 Å². The fourth-order valence-corrected chi connectivity index (χ4v) is 5.39. The first kappa shape index (κ1) is 22.6. The van der Waals surface area contributed by atoms with Crippen LogP contribution < -0.4 is 0 Å². The zero-order valence-corrected chi connectivity index (χ0v) is 18.3. The van der Waals surface area contributed by atoms with Crippen LogP contribution in [-0.4, -0.2) is 29.9 Å². The van der Waals surface area contributed by atoms with Gasteiger partial charge in [-0.25, -0.2) is 8.42 Å². The summed E-state index contributed by atoms with van der Waals surface area (Å²) in [5.41, 5.74) is -2.35. The zero-order chi connectivity index (χ0) is 22.8. The summed E-state index contributed by atoms with van der Waals surface area (Å²) in [5, 5.41) is -0.651. The number of alkyl halides is 3. The van der Waals surface area contributed by atoms with Crippen molar-refractivity contribution < 1.29 is 21.6 Å². The van der Waals surface area contributed by atoms with Crippen LogP contribution >= 0.6 is 0 Å². The van der Waals surface area contributed by atoms with Gasteiger partial charge in [0.15, 0.2) is 0 Å². The lowest BCUT2D eigenvalue weighted by molar-refractivity contribution is -0.0440. The maximum absolute atomic E-state index is 13.1. The normalized spacial score (nSPS) is 16.8. The van der Waals surface area contributed by atoms with Crippen LogP contribution in [0.4, 0.5) is 13.2 Å². The molecule has 1 aliphatic rings. The molecule has 0 radical (unpaired) electrons. The number of aromatic nitrogens is 1. The van der Waals surface area contributed by atoms with Crippen molar-refractivity contribution in [3.8, 4) is 0 Å². The van der Waals surface area contributed by atoms with Crippen LogP contribution in [0.2, 0.25) is 0 Å². The van der Waals surface area contributed by atoms with E-state index in [0.29, 0.717) is 31.7 Å². The third-order valence-electron chi connectivity index (χ3n) is 5.88. The molecule has 170 valence electrons.